The molecule has 36 heavy (non-hydrogen) atoms. The smallest absolute Gasteiger partial charge is 0.411 e. The summed E-state index contributed by atoms with van der Waals surface area (Å²) in [7, 11) is 5.43. The van der Waals surface area contributed by atoms with Crippen molar-refractivity contribution >= 4 is 17.8 Å². The average Bonchev–Trinajstić information content (AvgIpc) is 3.37. The van der Waals surface area contributed by atoms with Crippen molar-refractivity contribution in [2.24, 2.45) is 0 Å². The second-order valence-corrected chi connectivity index (χ2v) is 9.53. The van der Waals surface area contributed by atoms with Crippen LogP contribution in [-0.2, 0) is 28.0 Å². The molecule has 10 nitrogen and oxygen atoms in total. The molecule has 1 aliphatic heterocycles. The summed E-state index contributed by atoms with van der Waals surface area (Å²) in [4.78, 5) is 34.0. The molecule has 190 valence electrons. The lowest BCUT2D eigenvalue weighted by atomic mass is 10.0. The van der Waals surface area contributed by atoms with Crippen LogP contribution < -0.4 is 10.1 Å². The number of methoxy groups -OCH3 is 1. The molecule has 0 spiro atoms. The molecular formula is C26H32N6O4. The standard InChI is InChI=1S/C26H32N6O4/c1-26(2)23-19(24(30-29-23)28-22(33)14-17-9-11-18(35-5)12-10-17)15-32(26)25(34)36-21(16-31(3)4)20-8-6-7-13-27-20/h6-13,21H,14-16H2,1-5H3,(H2,28,29,30,33)/t21-/m1/s1. The number of fused-ring (bicyclic) bond motifs is 1. The number of H-pyrrole nitrogens is 1. The summed E-state index contributed by atoms with van der Waals surface area (Å²) in [6, 6.07) is 12.9. The normalized spacial score (nSPS) is 14.9. The topological polar surface area (TPSA) is 113 Å². The summed E-state index contributed by atoms with van der Waals surface area (Å²) in [5.74, 6) is 0.949. The molecule has 1 aromatic carbocycles. The van der Waals surface area contributed by atoms with Crippen LogP contribution >= 0.6 is 0 Å². The monoisotopic (exact) mass is 492 g/mol. The van der Waals surface area contributed by atoms with Crippen LogP contribution in [-0.4, -0.2) is 64.7 Å². The number of likely N-dealkylation sites (N-methyl/N-ethyl adjacent to an activating group) is 1. The van der Waals surface area contributed by atoms with E-state index >= 15 is 0 Å². The molecule has 2 aromatic heterocycles. The fourth-order valence-corrected chi connectivity index (χ4v) is 4.29. The Morgan fingerprint density at radius 1 is 1.19 bits per heavy atom. The van der Waals surface area contributed by atoms with Gasteiger partial charge in [0.05, 0.1) is 37.0 Å². The molecular weight excluding hydrogens is 460 g/mol. The van der Waals surface area contributed by atoms with Gasteiger partial charge < -0.3 is 19.7 Å². The van der Waals surface area contributed by atoms with Gasteiger partial charge in [0.25, 0.3) is 0 Å². The van der Waals surface area contributed by atoms with Crippen LogP contribution in [0.3, 0.4) is 0 Å². The minimum atomic E-state index is -0.703. The fourth-order valence-electron chi connectivity index (χ4n) is 4.29. The third-order valence-corrected chi connectivity index (χ3v) is 6.26. The number of carbonyl (C=O) groups excluding carboxylic acids is 2. The molecule has 0 saturated heterocycles. The van der Waals surface area contributed by atoms with Crippen LogP contribution in [0.25, 0.3) is 0 Å². The van der Waals surface area contributed by atoms with E-state index < -0.39 is 17.7 Å². The van der Waals surface area contributed by atoms with Gasteiger partial charge in [-0.25, -0.2) is 4.79 Å². The van der Waals surface area contributed by atoms with E-state index in [9.17, 15) is 9.59 Å². The van der Waals surface area contributed by atoms with Gasteiger partial charge in [-0.1, -0.05) is 18.2 Å². The average molecular weight is 493 g/mol. The molecule has 3 aromatic rings. The van der Waals surface area contributed by atoms with Crippen molar-refractivity contribution in [2.45, 2.75) is 38.5 Å². The van der Waals surface area contributed by atoms with Gasteiger partial charge in [0.2, 0.25) is 5.91 Å². The number of amides is 2. The summed E-state index contributed by atoms with van der Waals surface area (Å²) < 4.78 is 11.1. The molecule has 2 N–H and O–H groups in total. The van der Waals surface area contributed by atoms with E-state index in [2.05, 4.69) is 20.5 Å². The number of pyridine rings is 1. The number of benzene rings is 1. The second kappa shape index (κ2) is 10.4. The molecule has 0 bridgehead atoms. The number of anilines is 1. The highest BCUT2D eigenvalue weighted by atomic mass is 16.6. The first kappa shape index (κ1) is 25.2. The number of nitrogens with zero attached hydrogens (tertiary/aromatic N) is 4. The molecule has 3 heterocycles. The molecule has 1 aliphatic rings. The maximum atomic E-state index is 13.3. The SMILES string of the molecule is COc1ccc(CC(=O)Nc2n[nH]c3c2CN(C(=O)O[C@H](CN(C)C)c2ccccn2)C3(C)C)cc1. The number of ether oxygens (including phenoxy) is 2. The Hall–Kier alpha value is -3.92. The Balaban J connectivity index is 1.46. The summed E-state index contributed by atoms with van der Waals surface area (Å²) in [5, 5.41) is 10.2. The van der Waals surface area contributed by atoms with Crippen molar-refractivity contribution in [3.63, 3.8) is 0 Å². The summed E-state index contributed by atoms with van der Waals surface area (Å²) in [6.45, 7) is 4.59. The Labute approximate surface area is 210 Å². The maximum Gasteiger partial charge on any atom is 0.411 e. The lowest BCUT2D eigenvalue weighted by Gasteiger charge is -2.32. The molecule has 0 radical (unpaired) electrons. The quantitative estimate of drug-likeness (QED) is 0.495. The molecule has 0 aliphatic carbocycles. The molecule has 1 atom stereocenters. The Morgan fingerprint density at radius 3 is 2.58 bits per heavy atom. The van der Waals surface area contributed by atoms with Gasteiger partial charge in [0, 0.05) is 18.3 Å². The van der Waals surface area contributed by atoms with Crippen LogP contribution in [0, 0.1) is 0 Å². The van der Waals surface area contributed by atoms with Crippen LogP contribution in [0.4, 0.5) is 10.6 Å². The van der Waals surface area contributed by atoms with Crippen LogP contribution in [0.2, 0.25) is 0 Å². The number of aromatic amines is 1. The zero-order valence-electron chi connectivity index (χ0n) is 21.2. The van der Waals surface area contributed by atoms with E-state index in [1.54, 1.807) is 18.2 Å². The molecule has 0 saturated carbocycles. The van der Waals surface area contributed by atoms with Crippen molar-refractivity contribution in [1.82, 2.24) is 25.0 Å². The Morgan fingerprint density at radius 2 is 1.94 bits per heavy atom. The van der Waals surface area contributed by atoms with E-state index in [0.29, 0.717) is 18.1 Å². The van der Waals surface area contributed by atoms with Gasteiger partial charge in [-0.3, -0.25) is 19.8 Å². The largest absolute Gasteiger partial charge is 0.497 e. The van der Waals surface area contributed by atoms with E-state index in [1.807, 2.05) is 75.3 Å². The van der Waals surface area contributed by atoms with Gasteiger partial charge in [-0.15, -0.1) is 0 Å². The number of aromatic nitrogens is 3. The van der Waals surface area contributed by atoms with Crippen molar-refractivity contribution in [3.05, 3.63) is 71.2 Å². The van der Waals surface area contributed by atoms with Crippen molar-refractivity contribution in [3.8, 4) is 5.75 Å². The first-order valence-electron chi connectivity index (χ1n) is 11.7. The first-order valence-corrected chi connectivity index (χ1v) is 11.7. The molecule has 0 unspecified atom stereocenters. The molecule has 0 fully saturated rings. The number of carbonyl (C=O) groups is 2. The van der Waals surface area contributed by atoms with E-state index in [1.165, 1.54) is 0 Å². The Bertz CT molecular complexity index is 1210. The predicted molar refractivity (Wildman–Crippen MR) is 134 cm³/mol. The minimum absolute atomic E-state index is 0.192. The highest BCUT2D eigenvalue weighted by molar-refractivity contribution is 5.92. The van der Waals surface area contributed by atoms with Crippen molar-refractivity contribution < 1.29 is 19.1 Å². The van der Waals surface area contributed by atoms with Crippen molar-refractivity contribution in [1.29, 1.82) is 0 Å². The summed E-state index contributed by atoms with van der Waals surface area (Å²) in [6.07, 6.45) is 0.892. The lowest BCUT2D eigenvalue weighted by Crippen LogP contribution is -2.42. The number of rotatable bonds is 8. The zero-order valence-corrected chi connectivity index (χ0v) is 21.2. The van der Waals surface area contributed by atoms with Gasteiger partial charge in [0.15, 0.2) is 11.9 Å². The molecule has 4 rings (SSSR count). The minimum Gasteiger partial charge on any atom is -0.497 e. The predicted octanol–water partition coefficient (Wildman–Crippen LogP) is 3.48. The third kappa shape index (κ3) is 5.33. The van der Waals surface area contributed by atoms with E-state index in [4.69, 9.17) is 9.47 Å². The van der Waals surface area contributed by atoms with Gasteiger partial charge in [0.1, 0.15) is 5.75 Å². The van der Waals surface area contributed by atoms with Crippen LogP contribution in [0.15, 0.2) is 48.7 Å². The highest BCUT2D eigenvalue weighted by Gasteiger charge is 2.45. The maximum absolute atomic E-state index is 13.3. The second-order valence-electron chi connectivity index (χ2n) is 9.53. The zero-order chi connectivity index (χ0) is 25.9. The van der Waals surface area contributed by atoms with E-state index in [-0.39, 0.29) is 18.9 Å². The highest BCUT2D eigenvalue weighted by Crippen LogP contribution is 2.41. The van der Waals surface area contributed by atoms with Gasteiger partial charge in [-0.2, -0.15) is 5.10 Å². The first-order chi connectivity index (χ1) is 17.2. The summed E-state index contributed by atoms with van der Waals surface area (Å²) in [5.41, 5.74) is 2.37. The Kier molecular flexibility index (Phi) is 7.25. The molecule has 10 heteroatoms. The third-order valence-electron chi connectivity index (χ3n) is 6.26. The molecule has 2 amide bonds. The van der Waals surface area contributed by atoms with Crippen molar-refractivity contribution in [2.75, 3.05) is 33.1 Å². The van der Waals surface area contributed by atoms with Gasteiger partial charge >= 0.3 is 6.09 Å². The number of nitrogens with one attached hydrogen (secondary N) is 2. The van der Waals surface area contributed by atoms with Crippen LogP contribution in [0.5, 0.6) is 5.75 Å². The number of hydrogen-bond donors (Lipinski definition) is 2. The fraction of sp³-hybridized carbons (Fsp3) is 0.385. The van der Waals surface area contributed by atoms with Gasteiger partial charge in [-0.05, 0) is 57.8 Å². The van der Waals surface area contributed by atoms with E-state index in [0.717, 1.165) is 22.6 Å². The van der Waals surface area contributed by atoms with Crippen LogP contribution in [0.1, 0.15) is 42.5 Å². The summed E-state index contributed by atoms with van der Waals surface area (Å²) >= 11 is 0. The lowest BCUT2D eigenvalue weighted by molar-refractivity contribution is -0.115. The number of hydrogen-bond acceptors (Lipinski definition) is 7.